The summed E-state index contributed by atoms with van der Waals surface area (Å²) < 4.78 is 0. The second-order valence-electron chi connectivity index (χ2n) is 8.47. The number of carbonyl (C=O) groups is 1. The molecule has 5 heteroatoms. The van der Waals surface area contributed by atoms with Crippen molar-refractivity contribution in [3.05, 3.63) is 59.7 Å². The maximum absolute atomic E-state index is 11.9. The molecular formula is C23H27N3O2. The Morgan fingerprint density at radius 1 is 1.00 bits per heavy atom. The second-order valence-corrected chi connectivity index (χ2v) is 8.47. The van der Waals surface area contributed by atoms with Crippen LogP contribution in [0.25, 0.3) is 11.1 Å². The van der Waals surface area contributed by atoms with Crippen molar-refractivity contribution >= 4 is 6.09 Å². The van der Waals surface area contributed by atoms with Crippen LogP contribution in [0.3, 0.4) is 0 Å². The van der Waals surface area contributed by atoms with Gasteiger partial charge in [0.25, 0.3) is 0 Å². The van der Waals surface area contributed by atoms with Crippen molar-refractivity contribution in [2.75, 3.05) is 19.6 Å². The van der Waals surface area contributed by atoms with Gasteiger partial charge in [0.2, 0.25) is 0 Å². The topological polar surface area (TPSA) is 69.8 Å². The van der Waals surface area contributed by atoms with Gasteiger partial charge in [-0.25, -0.2) is 4.79 Å². The van der Waals surface area contributed by atoms with Gasteiger partial charge in [0.15, 0.2) is 0 Å². The van der Waals surface area contributed by atoms with E-state index >= 15 is 0 Å². The Balaban J connectivity index is 1.43. The Hall–Kier alpha value is -2.37. The van der Waals surface area contributed by atoms with E-state index in [2.05, 4.69) is 53.4 Å². The largest absolute Gasteiger partial charge is 0.465 e. The van der Waals surface area contributed by atoms with Crippen molar-refractivity contribution in [2.24, 2.45) is 5.73 Å². The van der Waals surface area contributed by atoms with Gasteiger partial charge in [-0.3, -0.25) is 4.90 Å². The molecule has 1 heterocycles. The molecular weight excluding hydrogens is 350 g/mol. The lowest BCUT2D eigenvalue weighted by Gasteiger charge is -2.48. The first kappa shape index (κ1) is 17.7. The van der Waals surface area contributed by atoms with E-state index in [-0.39, 0.29) is 12.0 Å². The number of benzene rings is 2. The third-order valence-corrected chi connectivity index (χ3v) is 6.90. The third kappa shape index (κ3) is 2.90. The van der Waals surface area contributed by atoms with E-state index in [1.807, 2.05) is 0 Å². The summed E-state index contributed by atoms with van der Waals surface area (Å²) in [5, 5.41) is 9.80. The van der Waals surface area contributed by atoms with E-state index in [1.54, 1.807) is 4.90 Å². The van der Waals surface area contributed by atoms with Crippen LogP contribution in [0.1, 0.15) is 36.3 Å². The number of fused-ring (bicyclic) bond motifs is 3. The van der Waals surface area contributed by atoms with Crippen molar-refractivity contribution in [3.8, 4) is 11.1 Å². The fourth-order valence-electron chi connectivity index (χ4n) is 5.38. The van der Waals surface area contributed by atoms with Gasteiger partial charge in [0.05, 0.1) is 0 Å². The summed E-state index contributed by atoms with van der Waals surface area (Å²) in [7, 11) is 0. The van der Waals surface area contributed by atoms with Crippen LogP contribution < -0.4 is 5.73 Å². The van der Waals surface area contributed by atoms with Crippen molar-refractivity contribution in [2.45, 2.75) is 43.3 Å². The van der Waals surface area contributed by atoms with Crippen LogP contribution >= 0.6 is 0 Å². The molecule has 0 bridgehead atoms. The van der Waals surface area contributed by atoms with Crippen molar-refractivity contribution in [1.82, 2.24) is 9.80 Å². The predicted octanol–water partition coefficient (Wildman–Crippen LogP) is 3.34. The first-order valence-corrected chi connectivity index (χ1v) is 10.3. The predicted molar refractivity (Wildman–Crippen MR) is 109 cm³/mol. The molecule has 1 saturated heterocycles. The van der Waals surface area contributed by atoms with Crippen LogP contribution in [-0.2, 0) is 0 Å². The van der Waals surface area contributed by atoms with Crippen LogP contribution in [0.2, 0.25) is 0 Å². The molecule has 0 radical (unpaired) electrons. The molecule has 3 aliphatic rings. The molecule has 0 aromatic heterocycles. The molecule has 1 atom stereocenters. The highest BCUT2D eigenvalue weighted by molar-refractivity contribution is 5.78. The molecule has 1 unspecified atom stereocenters. The maximum atomic E-state index is 11.9. The number of piperazine rings is 1. The second kappa shape index (κ2) is 6.90. The minimum absolute atomic E-state index is 0.00675. The molecule has 2 fully saturated rings. The van der Waals surface area contributed by atoms with Crippen molar-refractivity contribution < 1.29 is 9.90 Å². The van der Waals surface area contributed by atoms with Crippen LogP contribution in [0.15, 0.2) is 48.5 Å². The number of hydrogen-bond acceptors (Lipinski definition) is 3. The van der Waals surface area contributed by atoms with Gasteiger partial charge >= 0.3 is 6.09 Å². The Morgan fingerprint density at radius 2 is 1.61 bits per heavy atom. The first-order valence-electron chi connectivity index (χ1n) is 10.3. The van der Waals surface area contributed by atoms with Crippen molar-refractivity contribution in [3.63, 3.8) is 0 Å². The number of hydrogen-bond donors (Lipinski definition) is 2. The monoisotopic (exact) mass is 377 g/mol. The summed E-state index contributed by atoms with van der Waals surface area (Å²) in [5.74, 6) is 0.253. The molecule has 1 aliphatic heterocycles. The number of nitrogens with zero attached hydrogens (tertiary/aromatic N) is 2. The van der Waals surface area contributed by atoms with Gasteiger partial charge in [-0.1, -0.05) is 48.5 Å². The van der Waals surface area contributed by atoms with E-state index < -0.39 is 6.09 Å². The lowest BCUT2D eigenvalue weighted by molar-refractivity contribution is 0.0180. The molecule has 5 nitrogen and oxygen atoms in total. The minimum Gasteiger partial charge on any atom is -0.465 e. The van der Waals surface area contributed by atoms with Crippen LogP contribution in [-0.4, -0.2) is 58.8 Å². The molecule has 3 N–H and O–H groups in total. The third-order valence-electron chi connectivity index (χ3n) is 6.90. The van der Waals surface area contributed by atoms with Gasteiger partial charge in [-0.15, -0.1) is 0 Å². The Kier molecular flexibility index (Phi) is 4.37. The zero-order valence-corrected chi connectivity index (χ0v) is 16.0. The number of carboxylic acid groups (broad SMARTS) is 1. The Bertz CT molecular complexity index is 847. The first-order chi connectivity index (χ1) is 13.6. The van der Waals surface area contributed by atoms with Gasteiger partial charge in [0.1, 0.15) is 0 Å². The van der Waals surface area contributed by atoms with E-state index in [0.29, 0.717) is 18.6 Å². The summed E-state index contributed by atoms with van der Waals surface area (Å²) in [6, 6.07) is 18.0. The molecule has 1 saturated carbocycles. The summed E-state index contributed by atoms with van der Waals surface area (Å²) in [5.41, 5.74) is 11.2. The summed E-state index contributed by atoms with van der Waals surface area (Å²) in [6.07, 6.45) is 2.11. The van der Waals surface area contributed by atoms with Gasteiger partial charge in [0, 0.05) is 43.7 Å². The smallest absolute Gasteiger partial charge is 0.407 e. The van der Waals surface area contributed by atoms with Crippen molar-refractivity contribution in [1.29, 1.82) is 0 Å². The zero-order valence-electron chi connectivity index (χ0n) is 16.0. The highest BCUT2D eigenvalue weighted by Crippen LogP contribution is 2.47. The fraction of sp³-hybridized carbons (Fsp3) is 0.435. The summed E-state index contributed by atoms with van der Waals surface area (Å²) >= 11 is 0. The highest BCUT2D eigenvalue weighted by atomic mass is 16.4. The SMILES string of the molecule is NC1CC(N2CCN(C(=O)O)C(CC3c4ccccc4-c4ccccc43)C2)C1. The minimum atomic E-state index is -0.797. The van der Waals surface area contributed by atoms with E-state index in [9.17, 15) is 9.90 Å². The Morgan fingerprint density at radius 3 is 2.18 bits per heavy atom. The molecule has 146 valence electrons. The maximum Gasteiger partial charge on any atom is 0.407 e. The van der Waals surface area contributed by atoms with Gasteiger partial charge in [-0.05, 0) is 41.5 Å². The molecule has 5 rings (SSSR count). The van der Waals surface area contributed by atoms with Crippen LogP contribution in [0.5, 0.6) is 0 Å². The molecule has 2 aromatic carbocycles. The quantitative estimate of drug-likeness (QED) is 0.861. The number of amides is 1. The number of rotatable bonds is 3. The lowest BCUT2D eigenvalue weighted by Crippen LogP contribution is -2.61. The van der Waals surface area contributed by atoms with E-state index in [0.717, 1.165) is 32.4 Å². The molecule has 28 heavy (non-hydrogen) atoms. The van der Waals surface area contributed by atoms with Crippen LogP contribution in [0.4, 0.5) is 4.79 Å². The summed E-state index contributed by atoms with van der Waals surface area (Å²) in [6.45, 7) is 2.21. The normalized spacial score (nSPS) is 27.2. The standard InChI is InChI=1S/C23H27N3O2/c24-15-11-16(12-15)25-9-10-26(23(27)28)17(14-25)13-22-20-7-3-1-5-18(20)19-6-2-4-8-21(19)22/h1-8,15-17,22H,9-14,24H2,(H,27,28). The fourth-order valence-corrected chi connectivity index (χ4v) is 5.38. The highest BCUT2D eigenvalue weighted by Gasteiger charge is 2.40. The van der Waals surface area contributed by atoms with Gasteiger partial charge in [-0.2, -0.15) is 0 Å². The average Bonchev–Trinajstić information content (AvgIpc) is 3.00. The lowest BCUT2D eigenvalue weighted by atomic mass is 9.84. The van der Waals surface area contributed by atoms with E-state index in [4.69, 9.17) is 5.73 Å². The molecule has 2 aromatic rings. The molecule has 2 aliphatic carbocycles. The summed E-state index contributed by atoms with van der Waals surface area (Å²) in [4.78, 5) is 16.1. The number of nitrogens with two attached hydrogens (primary N) is 1. The Labute approximate surface area is 165 Å². The van der Waals surface area contributed by atoms with Gasteiger partial charge < -0.3 is 15.7 Å². The molecule has 1 amide bonds. The molecule has 0 spiro atoms. The average molecular weight is 377 g/mol. The zero-order chi connectivity index (χ0) is 19.3. The van der Waals surface area contributed by atoms with E-state index in [1.165, 1.54) is 22.3 Å². The van der Waals surface area contributed by atoms with Crippen LogP contribution in [0, 0.1) is 0 Å².